The Morgan fingerprint density at radius 3 is 2.72 bits per heavy atom. The fourth-order valence-electron chi connectivity index (χ4n) is 3.08. The van der Waals surface area contributed by atoms with Crippen LogP contribution in [0.15, 0.2) is 28.9 Å². The minimum atomic E-state index is -0.293. The van der Waals surface area contributed by atoms with Crippen molar-refractivity contribution in [1.29, 1.82) is 0 Å². The van der Waals surface area contributed by atoms with E-state index in [1.807, 2.05) is 26.0 Å². The van der Waals surface area contributed by atoms with Crippen LogP contribution in [0.4, 0.5) is 0 Å². The van der Waals surface area contributed by atoms with Gasteiger partial charge in [-0.2, -0.15) is 0 Å². The molecule has 2 heterocycles. The van der Waals surface area contributed by atoms with E-state index in [0.29, 0.717) is 6.54 Å². The van der Waals surface area contributed by atoms with Crippen LogP contribution >= 0.6 is 0 Å². The minimum absolute atomic E-state index is 0.0631. The van der Waals surface area contributed by atoms with E-state index in [-0.39, 0.29) is 29.5 Å². The summed E-state index contributed by atoms with van der Waals surface area (Å²) in [4.78, 5) is 32.9. The smallest absolute Gasteiger partial charge is 0.271 e. The van der Waals surface area contributed by atoms with Gasteiger partial charge in [-0.15, -0.1) is 0 Å². The normalized spacial score (nSPS) is 19.6. The van der Waals surface area contributed by atoms with Gasteiger partial charge in [0.25, 0.3) is 5.91 Å². The number of furan rings is 1. The molecule has 0 aromatic carbocycles. The Bertz CT molecular complexity index is 754. The average molecular weight is 342 g/mol. The lowest BCUT2D eigenvalue weighted by Gasteiger charge is -2.20. The van der Waals surface area contributed by atoms with Crippen LogP contribution in [0.1, 0.15) is 47.0 Å². The topological polar surface area (TPSA) is 97.1 Å². The van der Waals surface area contributed by atoms with Gasteiger partial charge < -0.3 is 15.1 Å². The number of aryl methyl sites for hydroxylation is 2. The number of carbonyl (C=O) groups is 2. The number of aromatic nitrogens is 2. The number of rotatable bonds is 5. The van der Waals surface area contributed by atoms with Crippen molar-refractivity contribution in [3.63, 3.8) is 0 Å². The second-order valence-electron chi connectivity index (χ2n) is 6.39. The Labute approximate surface area is 146 Å². The van der Waals surface area contributed by atoms with E-state index in [2.05, 4.69) is 20.6 Å². The second kappa shape index (κ2) is 7.46. The van der Waals surface area contributed by atoms with Crippen LogP contribution in [0.5, 0.6) is 0 Å². The average Bonchev–Trinajstić information content (AvgIpc) is 3.22. The summed E-state index contributed by atoms with van der Waals surface area (Å²) in [5.74, 6) is 0.943. The summed E-state index contributed by atoms with van der Waals surface area (Å²) < 4.78 is 5.46. The molecule has 25 heavy (non-hydrogen) atoms. The second-order valence-corrected chi connectivity index (χ2v) is 6.39. The molecule has 1 aliphatic rings. The molecule has 1 saturated carbocycles. The lowest BCUT2D eigenvalue weighted by molar-refractivity contribution is -0.125. The minimum Gasteiger partial charge on any atom is -0.465 e. The van der Waals surface area contributed by atoms with Gasteiger partial charge in [-0.1, -0.05) is 6.42 Å². The number of nitrogens with zero attached hydrogens (tertiary/aromatic N) is 2. The van der Waals surface area contributed by atoms with Crippen molar-refractivity contribution < 1.29 is 14.0 Å². The molecule has 0 radical (unpaired) electrons. The largest absolute Gasteiger partial charge is 0.465 e. The molecule has 1 aliphatic carbocycles. The third kappa shape index (κ3) is 4.23. The molecule has 0 spiro atoms. The number of amides is 2. The van der Waals surface area contributed by atoms with E-state index in [4.69, 9.17) is 4.42 Å². The molecule has 3 rings (SSSR count). The standard InChI is InChI=1S/C18H22N4O3/c1-11-8-20-16(10-19-11)18(24)22-15-5-3-4-14(15)17(23)21-9-13-7-6-12(2)25-13/h6-8,10,14-15H,3-5,9H2,1-2H3,(H,21,23)(H,22,24)/t14-,15+/m0/s1. The Kier molecular flexibility index (Phi) is 5.11. The van der Waals surface area contributed by atoms with Gasteiger partial charge in [-0.3, -0.25) is 14.6 Å². The van der Waals surface area contributed by atoms with Crippen LogP contribution in [0, 0.1) is 19.8 Å². The molecule has 132 valence electrons. The molecule has 2 aromatic heterocycles. The Morgan fingerprint density at radius 2 is 2.04 bits per heavy atom. The van der Waals surface area contributed by atoms with Crippen molar-refractivity contribution in [2.75, 3.05) is 0 Å². The van der Waals surface area contributed by atoms with Crippen LogP contribution in [0.2, 0.25) is 0 Å². The zero-order valence-electron chi connectivity index (χ0n) is 14.4. The Hall–Kier alpha value is -2.70. The van der Waals surface area contributed by atoms with E-state index < -0.39 is 0 Å². The summed E-state index contributed by atoms with van der Waals surface area (Å²) in [6.45, 7) is 4.03. The predicted molar refractivity (Wildman–Crippen MR) is 90.7 cm³/mol. The third-order valence-corrected chi connectivity index (χ3v) is 4.42. The monoisotopic (exact) mass is 342 g/mol. The molecule has 0 unspecified atom stereocenters. The zero-order valence-corrected chi connectivity index (χ0v) is 14.4. The number of carbonyl (C=O) groups excluding carboxylic acids is 2. The molecule has 0 bridgehead atoms. The SMILES string of the molecule is Cc1cnc(C(=O)N[C@@H]2CCC[C@@H]2C(=O)NCc2ccc(C)o2)cn1. The molecule has 0 saturated heterocycles. The van der Waals surface area contributed by atoms with Gasteiger partial charge in [0.15, 0.2) is 0 Å². The fourth-order valence-corrected chi connectivity index (χ4v) is 3.08. The molecular weight excluding hydrogens is 320 g/mol. The van der Waals surface area contributed by atoms with Crippen LogP contribution in [0.3, 0.4) is 0 Å². The molecule has 0 aliphatic heterocycles. The van der Waals surface area contributed by atoms with Gasteiger partial charge in [-0.05, 0) is 38.8 Å². The van der Waals surface area contributed by atoms with E-state index in [1.54, 1.807) is 6.20 Å². The maximum atomic E-state index is 12.5. The van der Waals surface area contributed by atoms with E-state index in [9.17, 15) is 9.59 Å². The number of hydrogen-bond acceptors (Lipinski definition) is 5. The van der Waals surface area contributed by atoms with Crippen LogP contribution in [-0.2, 0) is 11.3 Å². The molecule has 1 fully saturated rings. The fraction of sp³-hybridized carbons (Fsp3) is 0.444. The highest BCUT2D eigenvalue weighted by molar-refractivity contribution is 5.92. The first-order valence-electron chi connectivity index (χ1n) is 8.45. The molecule has 7 nitrogen and oxygen atoms in total. The summed E-state index contributed by atoms with van der Waals surface area (Å²) in [5.41, 5.74) is 1.02. The molecule has 7 heteroatoms. The van der Waals surface area contributed by atoms with Gasteiger partial charge in [-0.25, -0.2) is 4.98 Å². The van der Waals surface area contributed by atoms with Gasteiger partial charge in [0.1, 0.15) is 17.2 Å². The molecule has 2 amide bonds. The zero-order chi connectivity index (χ0) is 17.8. The van der Waals surface area contributed by atoms with Crippen molar-refractivity contribution in [3.05, 3.63) is 47.4 Å². The first kappa shape index (κ1) is 17.1. The van der Waals surface area contributed by atoms with E-state index >= 15 is 0 Å². The van der Waals surface area contributed by atoms with Crippen molar-refractivity contribution in [1.82, 2.24) is 20.6 Å². The van der Waals surface area contributed by atoms with Gasteiger partial charge in [0.05, 0.1) is 24.4 Å². The van der Waals surface area contributed by atoms with Crippen LogP contribution < -0.4 is 10.6 Å². The molecule has 2 aromatic rings. The quantitative estimate of drug-likeness (QED) is 0.865. The highest BCUT2D eigenvalue weighted by Gasteiger charge is 2.34. The highest BCUT2D eigenvalue weighted by atomic mass is 16.3. The highest BCUT2D eigenvalue weighted by Crippen LogP contribution is 2.26. The number of nitrogens with one attached hydrogen (secondary N) is 2. The summed E-state index contributed by atoms with van der Waals surface area (Å²) in [5, 5.41) is 5.81. The Balaban J connectivity index is 1.56. The molecule has 2 N–H and O–H groups in total. The summed E-state index contributed by atoms with van der Waals surface area (Å²) in [6, 6.07) is 3.52. The van der Waals surface area contributed by atoms with Crippen LogP contribution in [0.25, 0.3) is 0 Å². The van der Waals surface area contributed by atoms with Crippen molar-refractivity contribution in [2.24, 2.45) is 5.92 Å². The van der Waals surface area contributed by atoms with Gasteiger partial charge >= 0.3 is 0 Å². The predicted octanol–water partition coefficient (Wildman–Crippen LogP) is 1.90. The first-order chi connectivity index (χ1) is 12.0. The first-order valence-corrected chi connectivity index (χ1v) is 8.45. The Morgan fingerprint density at radius 1 is 1.20 bits per heavy atom. The van der Waals surface area contributed by atoms with E-state index in [0.717, 1.165) is 36.5 Å². The van der Waals surface area contributed by atoms with Crippen molar-refractivity contribution >= 4 is 11.8 Å². The maximum Gasteiger partial charge on any atom is 0.271 e. The van der Waals surface area contributed by atoms with Crippen LogP contribution in [-0.4, -0.2) is 27.8 Å². The maximum absolute atomic E-state index is 12.5. The lowest BCUT2D eigenvalue weighted by atomic mass is 10.0. The van der Waals surface area contributed by atoms with Gasteiger partial charge in [0.2, 0.25) is 5.91 Å². The molecular formula is C18H22N4O3. The summed E-state index contributed by atoms with van der Waals surface area (Å²) in [7, 11) is 0. The summed E-state index contributed by atoms with van der Waals surface area (Å²) >= 11 is 0. The summed E-state index contributed by atoms with van der Waals surface area (Å²) in [6.07, 6.45) is 5.45. The van der Waals surface area contributed by atoms with E-state index in [1.165, 1.54) is 6.20 Å². The molecule has 2 atom stereocenters. The number of hydrogen-bond donors (Lipinski definition) is 2. The van der Waals surface area contributed by atoms with Gasteiger partial charge in [0, 0.05) is 12.2 Å². The van der Waals surface area contributed by atoms with Crippen molar-refractivity contribution in [2.45, 2.75) is 45.7 Å². The van der Waals surface area contributed by atoms with Crippen molar-refractivity contribution in [3.8, 4) is 0 Å². The lowest BCUT2D eigenvalue weighted by Crippen LogP contribution is -2.44. The third-order valence-electron chi connectivity index (χ3n) is 4.42.